The molecule has 0 saturated carbocycles. The zero-order valence-electron chi connectivity index (χ0n) is 34.9. The summed E-state index contributed by atoms with van der Waals surface area (Å²) in [7, 11) is 0. The number of halogens is 2. The van der Waals surface area contributed by atoms with E-state index in [1.807, 2.05) is 49.2 Å². The summed E-state index contributed by atoms with van der Waals surface area (Å²) in [5.74, 6) is 0. The Morgan fingerprint density at radius 3 is 1.14 bits per heavy atom. The molecule has 0 aliphatic heterocycles. The van der Waals surface area contributed by atoms with Gasteiger partial charge in [-0.2, -0.15) is 0 Å². The number of hydrogen-bond acceptors (Lipinski definition) is 3. The largest absolute Gasteiger partial charge is 0.354 e. The molecule has 0 aliphatic carbocycles. The minimum atomic E-state index is 1.14. The molecule has 6 aromatic heterocycles. The first-order chi connectivity index (χ1) is 32.1. The summed E-state index contributed by atoms with van der Waals surface area (Å²) in [5.41, 5.74) is 14.2. The van der Waals surface area contributed by atoms with Crippen LogP contribution in [0.1, 0.15) is 0 Å². The Hall–Kier alpha value is -7.15. The Morgan fingerprint density at radius 1 is 0.308 bits per heavy atom. The number of benzene rings is 7. The predicted molar refractivity (Wildman–Crippen MR) is 287 cm³/mol. The third-order valence-corrected chi connectivity index (χ3v) is 13.3. The van der Waals surface area contributed by atoms with E-state index in [2.05, 4.69) is 244 Å². The molecule has 0 fully saturated rings. The first-order valence-corrected chi connectivity index (χ1v) is 23.4. The first-order valence-electron chi connectivity index (χ1n) is 21.3. The third kappa shape index (κ3) is 7.93. The third-order valence-electron chi connectivity index (χ3n) is 11.9. The molecule has 0 atom stereocenters. The average molecular weight is 1060 g/mol. The SMILES string of the molecule is Ic1ccc(-c2ccc(I)cc2)cc1.c1ccc2c(c1)[nH]c1ccncc12.c1ccc2c(c1)c1cnccc1n2-c1ccc(-c2ccc(-n3c4ccccc4c4cnccc43)cc2)cc1. The monoisotopic (exact) mass is 1060 g/mol. The number of para-hydroxylation sites is 3. The Bertz CT molecular complexity index is 3420. The number of H-pyrrole nitrogens is 1. The Balaban J connectivity index is 0.000000141. The van der Waals surface area contributed by atoms with Crippen molar-refractivity contribution >= 4 is 111 Å². The van der Waals surface area contributed by atoms with Crippen LogP contribution in [0.2, 0.25) is 0 Å². The minimum Gasteiger partial charge on any atom is -0.354 e. The van der Waals surface area contributed by atoms with E-state index in [1.165, 1.54) is 89.3 Å². The van der Waals surface area contributed by atoms with Crippen LogP contribution < -0.4 is 0 Å². The number of nitrogens with one attached hydrogen (secondary N) is 1. The van der Waals surface area contributed by atoms with Gasteiger partial charge in [-0.25, -0.2) is 0 Å². The Kier molecular flexibility index (Phi) is 11.1. The number of aromatic nitrogens is 6. The first kappa shape index (κ1) is 40.6. The van der Waals surface area contributed by atoms with Crippen molar-refractivity contribution in [3.63, 3.8) is 0 Å². The van der Waals surface area contributed by atoms with Gasteiger partial charge in [-0.05, 0) is 152 Å². The maximum atomic E-state index is 4.36. The highest BCUT2D eigenvalue weighted by Gasteiger charge is 2.14. The molecule has 1 N–H and O–H groups in total. The van der Waals surface area contributed by atoms with Gasteiger partial charge in [0.25, 0.3) is 0 Å². The zero-order chi connectivity index (χ0) is 43.7. The lowest BCUT2D eigenvalue weighted by Gasteiger charge is -2.11. The molecule has 0 aliphatic rings. The second-order valence-electron chi connectivity index (χ2n) is 15.7. The molecular formula is C57H38I2N6. The van der Waals surface area contributed by atoms with Crippen molar-refractivity contribution in [3.8, 4) is 33.6 Å². The molecule has 65 heavy (non-hydrogen) atoms. The van der Waals surface area contributed by atoms with Crippen molar-refractivity contribution in [2.75, 3.05) is 0 Å². The van der Waals surface area contributed by atoms with Crippen LogP contribution >= 0.6 is 45.2 Å². The van der Waals surface area contributed by atoms with Gasteiger partial charge in [0.05, 0.1) is 22.1 Å². The van der Waals surface area contributed by atoms with Crippen molar-refractivity contribution in [2.24, 2.45) is 0 Å². The fourth-order valence-corrected chi connectivity index (χ4v) is 9.49. The minimum absolute atomic E-state index is 1.14. The summed E-state index contributed by atoms with van der Waals surface area (Å²) in [6, 6.07) is 66.3. The molecular weight excluding hydrogens is 1020 g/mol. The molecule has 6 heterocycles. The lowest BCUT2D eigenvalue weighted by Crippen LogP contribution is -1.94. The summed E-state index contributed by atoms with van der Waals surface area (Å²) in [4.78, 5) is 16.2. The molecule has 0 bridgehead atoms. The van der Waals surface area contributed by atoms with Crippen molar-refractivity contribution in [2.45, 2.75) is 0 Å². The lowest BCUT2D eigenvalue weighted by molar-refractivity contribution is 1.17. The molecule has 8 heteroatoms. The van der Waals surface area contributed by atoms with E-state index >= 15 is 0 Å². The number of nitrogens with zero attached hydrogens (tertiary/aromatic N) is 5. The predicted octanol–water partition coefficient (Wildman–Crippen LogP) is 15.6. The van der Waals surface area contributed by atoms with E-state index in [9.17, 15) is 0 Å². The van der Waals surface area contributed by atoms with E-state index in [1.54, 1.807) is 6.20 Å². The molecule has 310 valence electrons. The second-order valence-corrected chi connectivity index (χ2v) is 18.2. The van der Waals surface area contributed by atoms with Gasteiger partial charge in [-0.15, -0.1) is 0 Å². The topological polar surface area (TPSA) is 64.3 Å². The van der Waals surface area contributed by atoms with Crippen LogP contribution in [-0.2, 0) is 0 Å². The van der Waals surface area contributed by atoms with E-state index in [-0.39, 0.29) is 0 Å². The van der Waals surface area contributed by atoms with Gasteiger partial charge in [0, 0.05) is 99.0 Å². The highest BCUT2D eigenvalue weighted by molar-refractivity contribution is 14.1. The van der Waals surface area contributed by atoms with Crippen LogP contribution in [0.15, 0.2) is 225 Å². The van der Waals surface area contributed by atoms with E-state index < -0.39 is 0 Å². The fourth-order valence-electron chi connectivity index (χ4n) is 8.77. The molecule has 6 nitrogen and oxygen atoms in total. The van der Waals surface area contributed by atoms with E-state index in [0.717, 1.165) is 16.9 Å². The van der Waals surface area contributed by atoms with Crippen LogP contribution in [0.25, 0.3) is 99.0 Å². The molecule has 13 aromatic rings. The number of pyridine rings is 3. The fraction of sp³-hybridized carbons (Fsp3) is 0. The Morgan fingerprint density at radius 2 is 0.662 bits per heavy atom. The summed E-state index contributed by atoms with van der Waals surface area (Å²) < 4.78 is 7.18. The van der Waals surface area contributed by atoms with Crippen molar-refractivity contribution in [1.82, 2.24) is 29.1 Å². The smallest absolute Gasteiger partial charge is 0.0571 e. The van der Waals surface area contributed by atoms with Gasteiger partial charge < -0.3 is 14.1 Å². The van der Waals surface area contributed by atoms with E-state index in [4.69, 9.17) is 0 Å². The van der Waals surface area contributed by atoms with Crippen molar-refractivity contribution < 1.29 is 0 Å². The number of aromatic amines is 1. The van der Waals surface area contributed by atoms with Gasteiger partial charge in [0.2, 0.25) is 0 Å². The molecule has 0 radical (unpaired) electrons. The average Bonchev–Trinajstić information content (AvgIpc) is 4.03. The zero-order valence-corrected chi connectivity index (χ0v) is 39.2. The maximum absolute atomic E-state index is 4.36. The lowest BCUT2D eigenvalue weighted by atomic mass is 10.0. The highest BCUT2D eigenvalue weighted by Crippen LogP contribution is 2.34. The summed E-state index contributed by atoms with van der Waals surface area (Å²) in [6.45, 7) is 0. The standard InChI is InChI=1S/C34H22N4.C12H8I2.C11H8N2/c1-3-7-31-27(5-1)29-21-35-19-17-33(29)37(31)25-13-9-23(10-14-25)24-11-15-26(16-12-24)38-32-8-4-2-6-28(32)30-22-36-20-18-34(30)38;13-11-5-1-9(2-6-11)10-3-7-12(14)8-4-10;1-2-4-10-8(3-1)9-7-12-6-5-11(9)13-10/h1-22H;1-8H;1-7,13H. The van der Waals surface area contributed by atoms with E-state index in [0.29, 0.717) is 0 Å². The van der Waals surface area contributed by atoms with Crippen molar-refractivity contribution in [1.29, 1.82) is 0 Å². The number of fused-ring (bicyclic) bond motifs is 9. The van der Waals surface area contributed by atoms with Crippen LogP contribution in [0.5, 0.6) is 0 Å². The summed E-state index contributed by atoms with van der Waals surface area (Å²) in [6.07, 6.45) is 11.3. The van der Waals surface area contributed by atoms with Gasteiger partial charge in [0.15, 0.2) is 0 Å². The second kappa shape index (κ2) is 17.8. The van der Waals surface area contributed by atoms with Gasteiger partial charge in [0.1, 0.15) is 0 Å². The quantitative estimate of drug-likeness (QED) is 0.179. The number of hydrogen-bond donors (Lipinski definition) is 1. The summed E-state index contributed by atoms with van der Waals surface area (Å²) >= 11 is 4.64. The molecule has 7 aromatic carbocycles. The van der Waals surface area contributed by atoms with Crippen LogP contribution in [-0.4, -0.2) is 29.1 Å². The van der Waals surface area contributed by atoms with Crippen LogP contribution in [0.3, 0.4) is 0 Å². The highest BCUT2D eigenvalue weighted by atomic mass is 127. The van der Waals surface area contributed by atoms with Gasteiger partial charge in [-0.3, -0.25) is 15.0 Å². The molecule has 0 saturated heterocycles. The molecule has 0 unspecified atom stereocenters. The summed E-state index contributed by atoms with van der Waals surface area (Å²) in [5, 5.41) is 7.21. The molecule has 0 spiro atoms. The van der Waals surface area contributed by atoms with Crippen LogP contribution in [0, 0.1) is 7.14 Å². The number of rotatable bonds is 4. The maximum Gasteiger partial charge on any atom is 0.0571 e. The normalized spacial score (nSPS) is 11.2. The van der Waals surface area contributed by atoms with Crippen molar-refractivity contribution in [3.05, 3.63) is 232 Å². The van der Waals surface area contributed by atoms with Crippen LogP contribution in [0.4, 0.5) is 0 Å². The van der Waals surface area contributed by atoms with Gasteiger partial charge in [-0.1, -0.05) is 103 Å². The molecule has 13 rings (SSSR count). The molecule has 0 amide bonds. The Labute approximate surface area is 402 Å². The van der Waals surface area contributed by atoms with Gasteiger partial charge >= 0.3 is 0 Å².